The Kier molecular flexibility index (Phi) is 4.59. The number of imidazole rings is 1. The quantitative estimate of drug-likeness (QED) is 0.886. The highest BCUT2D eigenvalue weighted by atomic mass is 15.0. The van der Waals surface area contributed by atoms with Crippen LogP contribution in [0.5, 0.6) is 0 Å². The highest BCUT2D eigenvalue weighted by Gasteiger charge is 2.19. The lowest BCUT2D eigenvalue weighted by molar-refractivity contribution is 0.330. The van der Waals surface area contributed by atoms with Crippen molar-refractivity contribution < 1.29 is 0 Å². The Morgan fingerprint density at radius 3 is 2.81 bits per heavy atom. The van der Waals surface area contributed by atoms with Crippen LogP contribution in [0.1, 0.15) is 44.6 Å². The summed E-state index contributed by atoms with van der Waals surface area (Å²) in [7, 11) is 0. The lowest BCUT2D eigenvalue weighted by atomic mass is 9.84. The minimum Gasteiger partial charge on any atom is -0.382 e. The van der Waals surface area contributed by atoms with E-state index in [2.05, 4.69) is 46.1 Å². The Morgan fingerprint density at radius 1 is 1.24 bits per heavy atom. The third kappa shape index (κ3) is 3.87. The zero-order valence-corrected chi connectivity index (χ0v) is 12.8. The summed E-state index contributed by atoms with van der Waals surface area (Å²) in [6, 6.07) is 9.43. The van der Waals surface area contributed by atoms with Gasteiger partial charge in [-0.2, -0.15) is 0 Å². The molecule has 0 spiro atoms. The predicted octanol–water partition coefficient (Wildman–Crippen LogP) is 4.31. The molecule has 0 radical (unpaired) electrons. The summed E-state index contributed by atoms with van der Waals surface area (Å²) >= 11 is 0. The molecule has 21 heavy (non-hydrogen) atoms. The van der Waals surface area contributed by atoms with Gasteiger partial charge in [-0.15, -0.1) is 0 Å². The number of hydrogen-bond acceptors (Lipinski definition) is 2. The van der Waals surface area contributed by atoms with Gasteiger partial charge in [0.2, 0.25) is 0 Å². The van der Waals surface area contributed by atoms with Crippen molar-refractivity contribution in [2.75, 3.05) is 5.32 Å². The van der Waals surface area contributed by atoms with Crippen molar-refractivity contribution in [3.8, 4) is 0 Å². The molecule has 0 bridgehead atoms. The first-order valence-electron chi connectivity index (χ1n) is 8.14. The van der Waals surface area contributed by atoms with Gasteiger partial charge in [-0.3, -0.25) is 0 Å². The van der Waals surface area contributed by atoms with Gasteiger partial charge in [-0.1, -0.05) is 25.5 Å². The molecular formula is C18H25N3. The maximum absolute atomic E-state index is 4.10. The molecule has 2 aromatic rings. The van der Waals surface area contributed by atoms with Crippen LogP contribution < -0.4 is 5.32 Å². The van der Waals surface area contributed by atoms with E-state index in [1.54, 1.807) is 0 Å². The lowest BCUT2D eigenvalue weighted by Crippen LogP contribution is -2.25. The summed E-state index contributed by atoms with van der Waals surface area (Å²) in [5, 5.41) is 3.72. The van der Waals surface area contributed by atoms with Gasteiger partial charge in [0.25, 0.3) is 0 Å². The zero-order valence-electron chi connectivity index (χ0n) is 12.8. The van der Waals surface area contributed by atoms with Crippen molar-refractivity contribution in [2.24, 2.45) is 5.92 Å². The molecule has 1 aliphatic rings. The van der Waals surface area contributed by atoms with Gasteiger partial charge in [0.1, 0.15) is 0 Å². The molecule has 1 heterocycles. The second-order valence-electron chi connectivity index (χ2n) is 6.21. The van der Waals surface area contributed by atoms with E-state index < -0.39 is 0 Å². The summed E-state index contributed by atoms with van der Waals surface area (Å²) in [5.41, 5.74) is 2.58. The third-order valence-corrected chi connectivity index (χ3v) is 4.65. The Balaban J connectivity index is 1.58. The van der Waals surface area contributed by atoms with E-state index in [0.717, 1.165) is 12.5 Å². The highest BCUT2D eigenvalue weighted by Crippen LogP contribution is 2.28. The number of nitrogens with one attached hydrogen (secondary N) is 1. The molecule has 3 rings (SSSR count). The summed E-state index contributed by atoms with van der Waals surface area (Å²) < 4.78 is 2.10. The van der Waals surface area contributed by atoms with Crippen LogP contribution in [-0.4, -0.2) is 15.6 Å². The molecule has 1 N–H and O–H groups in total. The van der Waals surface area contributed by atoms with Gasteiger partial charge in [-0.25, -0.2) is 4.98 Å². The van der Waals surface area contributed by atoms with Crippen LogP contribution in [0, 0.1) is 5.92 Å². The highest BCUT2D eigenvalue weighted by molar-refractivity contribution is 5.46. The average molecular weight is 283 g/mol. The maximum Gasteiger partial charge on any atom is 0.0949 e. The molecule has 1 fully saturated rings. The van der Waals surface area contributed by atoms with Gasteiger partial charge >= 0.3 is 0 Å². The Bertz CT molecular complexity index is 539. The van der Waals surface area contributed by atoms with Gasteiger partial charge in [-0.05, 0) is 49.3 Å². The molecule has 1 saturated carbocycles. The molecule has 3 nitrogen and oxygen atoms in total. The number of nitrogens with zero attached hydrogens (tertiary/aromatic N) is 2. The van der Waals surface area contributed by atoms with Crippen molar-refractivity contribution >= 4 is 5.69 Å². The monoisotopic (exact) mass is 283 g/mol. The minimum atomic E-state index is 0.649. The second kappa shape index (κ2) is 6.79. The number of hydrogen-bond donors (Lipinski definition) is 1. The molecule has 0 amide bonds. The number of aromatic nitrogens is 2. The third-order valence-electron chi connectivity index (χ3n) is 4.65. The van der Waals surface area contributed by atoms with Gasteiger partial charge in [0.15, 0.2) is 0 Å². The maximum atomic E-state index is 4.10. The topological polar surface area (TPSA) is 29.9 Å². The summed E-state index contributed by atoms with van der Waals surface area (Å²) in [6.45, 7) is 3.20. The molecule has 1 aromatic heterocycles. The number of rotatable bonds is 5. The van der Waals surface area contributed by atoms with Crippen molar-refractivity contribution in [2.45, 2.75) is 51.6 Å². The largest absolute Gasteiger partial charge is 0.382 e. The fraction of sp³-hybridized carbons (Fsp3) is 0.500. The first-order chi connectivity index (χ1) is 10.3. The van der Waals surface area contributed by atoms with E-state index in [-0.39, 0.29) is 0 Å². The molecule has 1 aliphatic carbocycles. The molecule has 0 unspecified atom stereocenters. The van der Waals surface area contributed by atoms with Gasteiger partial charge in [0, 0.05) is 30.7 Å². The SMILES string of the molecule is CCC1CCC(Nc2cccc(Cn3ccnc3)c2)CC1. The predicted molar refractivity (Wildman–Crippen MR) is 87.4 cm³/mol. The number of anilines is 1. The lowest BCUT2D eigenvalue weighted by Gasteiger charge is -2.29. The zero-order chi connectivity index (χ0) is 14.5. The van der Waals surface area contributed by atoms with E-state index in [4.69, 9.17) is 0 Å². The van der Waals surface area contributed by atoms with Crippen LogP contribution in [0.4, 0.5) is 5.69 Å². The minimum absolute atomic E-state index is 0.649. The van der Waals surface area contributed by atoms with E-state index in [1.165, 1.54) is 43.4 Å². The first-order valence-corrected chi connectivity index (χ1v) is 8.14. The molecular weight excluding hydrogens is 258 g/mol. The molecule has 0 atom stereocenters. The fourth-order valence-corrected chi connectivity index (χ4v) is 3.30. The van der Waals surface area contributed by atoms with Crippen molar-refractivity contribution in [3.63, 3.8) is 0 Å². The van der Waals surface area contributed by atoms with E-state index >= 15 is 0 Å². The summed E-state index contributed by atoms with van der Waals surface area (Å²) in [6.07, 6.45) is 12.4. The standard InChI is InChI=1S/C18H25N3/c1-2-15-6-8-17(9-7-15)20-18-5-3-4-16(12-18)13-21-11-10-19-14-21/h3-5,10-12,14-15,17,20H,2,6-9,13H2,1H3. The Morgan fingerprint density at radius 2 is 2.10 bits per heavy atom. The van der Waals surface area contributed by atoms with Crippen LogP contribution in [0.2, 0.25) is 0 Å². The van der Waals surface area contributed by atoms with Crippen molar-refractivity contribution in [1.29, 1.82) is 0 Å². The number of benzene rings is 1. The van der Waals surface area contributed by atoms with Crippen LogP contribution in [0.25, 0.3) is 0 Å². The first kappa shape index (κ1) is 14.2. The Labute approximate surface area is 127 Å². The van der Waals surface area contributed by atoms with E-state index in [0.29, 0.717) is 6.04 Å². The van der Waals surface area contributed by atoms with Gasteiger partial charge in [0.05, 0.1) is 6.33 Å². The second-order valence-corrected chi connectivity index (χ2v) is 6.21. The molecule has 112 valence electrons. The van der Waals surface area contributed by atoms with Crippen LogP contribution in [0.15, 0.2) is 43.0 Å². The molecule has 1 aromatic carbocycles. The van der Waals surface area contributed by atoms with Crippen LogP contribution in [0.3, 0.4) is 0 Å². The normalized spacial score (nSPS) is 22.1. The molecule has 0 aliphatic heterocycles. The van der Waals surface area contributed by atoms with Crippen LogP contribution in [-0.2, 0) is 6.54 Å². The average Bonchev–Trinajstić information content (AvgIpc) is 3.01. The fourth-order valence-electron chi connectivity index (χ4n) is 3.30. The van der Waals surface area contributed by atoms with Gasteiger partial charge < -0.3 is 9.88 Å². The molecule has 3 heteroatoms. The summed E-state index contributed by atoms with van der Waals surface area (Å²) in [5.74, 6) is 0.954. The van der Waals surface area contributed by atoms with E-state index in [1.807, 2.05) is 18.7 Å². The van der Waals surface area contributed by atoms with E-state index in [9.17, 15) is 0 Å². The van der Waals surface area contributed by atoms with Crippen molar-refractivity contribution in [3.05, 3.63) is 48.5 Å². The molecule has 0 saturated heterocycles. The Hall–Kier alpha value is -1.77. The van der Waals surface area contributed by atoms with Crippen molar-refractivity contribution in [1.82, 2.24) is 9.55 Å². The van der Waals surface area contributed by atoms with Crippen LogP contribution >= 0.6 is 0 Å². The smallest absolute Gasteiger partial charge is 0.0949 e. The summed E-state index contributed by atoms with van der Waals surface area (Å²) in [4.78, 5) is 4.10.